The molecule has 0 spiro atoms. The molecule has 0 aliphatic carbocycles. The number of methoxy groups -OCH3 is 1. The van der Waals surface area contributed by atoms with Crippen LogP contribution < -0.4 is 10.6 Å². The van der Waals surface area contributed by atoms with E-state index in [1.165, 1.54) is 58.5 Å². The van der Waals surface area contributed by atoms with Gasteiger partial charge in [0.2, 0.25) is 0 Å². The highest BCUT2D eigenvalue weighted by Gasteiger charge is 2.20. The molecule has 0 unspecified atom stereocenters. The number of carbonyl (C=O) groups is 3. The molecule has 12 heteroatoms. The van der Waals surface area contributed by atoms with E-state index in [0.717, 1.165) is 0 Å². The first kappa shape index (κ1) is 21.4. The van der Waals surface area contributed by atoms with Crippen LogP contribution in [0.5, 0.6) is 0 Å². The molecule has 0 fully saturated rings. The molecule has 12 nitrogen and oxygen atoms in total. The van der Waals surface area contributed by atoms with Gasteiger partial charge in [0.05, 0.1) is 29.6 Å². The Balaban J connectivity index is 1.75. The van der Waals surface area contributed by atoms with E-state index in [4.69, 9.17) is 0 Å². The Bertz CT molecular complexity index is 1200. The van der Waals surface area contributed by atoms with Crippen LogP contribution in [-0.4, -0.2) is 43.5 Å². The van der Waals surface area contributed by atoms with Gasteiger partial charge < -0.3 is 29.1 Å². The molecule has 0 radical (unpaired) electrons. The number of aromatic nitrogens is 3. The Labute approximate surface area is 176 Å². The molecule has 3 aromatic heterocycles. The molecule has 3 rings (SSSR count). The summed E-state index contributed by atoms with van der Waals surface area (Å²) < 4.78 is 9.07. The van der Waals surface area contributed by atoms with Crippen molar-refractivity contribution in [1.29, 1.82) is 0 Å². The minimum absolute atomic E-state index is 0.0983. The maximum Gasteiger partial charge on any atom is 0.354 e. The number of hydrogen-bond acceptors (Lipinski definition) is 6. The van der Waals surface area contributed by atoms with Gasteiger partial charge in [0.1, 0.15) is 17.1 Å². The molecule has 0 atom stereocenters. The fourth-order valence-corrected chi connectivity index (χ4v) is 3.06. The highest BCUT2D eigenvalue weighted by Crippen LogP contribution is 2.20. The zero-order valence-corrected chi connectivity index (χ0v) is 17.2. The normalized spacial score (nSPS) is 10.6. The smallest absolute Gasteiger partial charge is 0.354 e. The lowest BCUT2D eigenvalue weighted by atomic mass is 10.3. The van der Waals surface area contributed by atoms with Crippen LogP contribution in [0.15, 0.2) is 36.8 Å². The lowest BCUT2D eigenvalue weighted by Gasteiger charge is -2.03. The van der Waals surface area contributed by atoms with Gasteiger partial charge in [-0.2, -0.15) is 0 Å². The van der Waals surface area contributed by atoms with Crippen LogP contribution in [0.3, 0.4) is 0 Å². The van der Waals surface area contributed by atoms with Crippen LogP contribution in [0, 0.1) is 10.1 Å². The number of rotatable bonds is 6. The van der Waals surface area contributed by atoms with Crippen molar-refractivity contribution < 1.29 is 24.0 Å². The summed E-state index contributed by atoms with van der Waals surface area (Å²) in [7, 11) is 6.06. The summed E-state index contributed by atoms with van der Waals surface area (Å²) in [5.74, 6) is -1.55. The highest BCUT2D eigenvalue weighted by molar-refractivity contribution is 6.07. The number of nitro groups is 1. The van der Waals surface area contributed by atoms with Crippen molar-refractivity contribution in [2.75, 3.05) is 17.7 Å². The second-order valence-electron chi connectivity index (χ2n) is 6.80. The van der Waals surface area contributed by atoms with Gasteiger partial charge in [-0.3, -0.25) is 19.7 Å². The molecule has 3 aromatic rings. The number of amides is 2. The number of anilines is 2. The summed E-state index contributed by atoms with van der Waals surface area (Å²) in [6.07, 6.45) is 4.34. The van der Waals surface area contributed by atoms with Crippen molar-refractivity contribution in [2.45, 2.75) is 0 Å². The number of carbonyl (C=O) groups excluding carboxylic acids is 3. The first-order valence-corrected chi connectivity index (χ1v) is 8.95. The predicted octanol–water partition coefficient (Wildman–Crippen LogP) is 1.90. The Morgan fingerprint density at radius 1 is 0.839 bits per heavy atom. The van der Waals surface area contributed by atoms with E-state index in [1.807, 2.05) is 0 Å². The monoisotopic (exact) mass is 428 g/mol. The van der Waals surface area contributed by atoms with Crippen molar-refractivity contribution in [1.82, 2.24) is 13.7 Å². The molecule has 0 aliphatic rings. The van der Waals surface area contributed by atoms with Gasteiger partial charge in [-0.1, -0.05) is 0 Å². The molecule has 2 amide bonds. The molecule has 0 aromatic carbocycles. The average molecular weight is 428 g/mol. The quantitative estimate of drug-likeness (QED) is 0.349. The summed E-state index contributed by atoms with van der Waals surface area (Å²) in [5.41, 5.74) is 1.16. The molecule has 162 valence electrons. The molecule has 3 heterocycles. The number of hydrogen-bond donors (Lipinski definition) is 2. The van der Waals surface area contributed by atoms with Crippen LogP contribution in [0.4, 0.5) is 17.1 Å². The van der Waals surface area contributed by atoms with Crippen LogP contribution in [0.2, 0.25) is 0 Å². The van der Waals surface area contributed by atoms with Crippen LogP contribution in [-0.2, 0) is 25.9 Å². The van der Waals surface area contributed by atoms with Crippen LogP contribution in [0.25, 0.3) is 0 Å². The third kappa shape index (κ3) is 4.32. The number of ether oxygens (including phenoxy) is 1. The standard InChI is InChI=1S/C19H20N6O6/c1-22-8-11(20-18(27)15-7-13(25(29)30)10-24(15)3)5-14(22)17(26)21-12-6-16(19(28)31-4)23(2)9-12/h5-10H,1-4H3,(H,20,27)(H,21,26). The lowest BCUT2D eigenvalue weighted by molar-refractivity contribution is -0.384. The number of esters is 1. The molecular formula is C19H20N6O6. The maximum absolute atomic E-state index is 12.6. The predicted molar refractivity (Wildman–Crippen MR) is 110 cm³/mol. The molecule has 0 saturated heterocycles. The summed E-state index contributed by atoms with van der Waals surface area (Å²) >= 11 is 0. The largest absolute Gasteiger partial charge is 0.464 e. The number of nitrogens with one attached hydrogen (secondary N) is 2. The van der Waals surface area contributed by atoms with E-state index in [1.54, 1.807) is 20.3 Å². The summed E-state index contributed by atoms with van der Waals surface area (Å²) in [6, 6.07) is 4.12. The zero-order valence-electron chi connectivity index (χ0n) is 17.2. The van der Waals surface area contributed by atoms with Gasteiger partial charge in [0.15, 0.2) is 0 Å². The van der Waals surface area contributed by atoms with E-state index in [9.17, 15) is 24.5 Å². The van der Waals surface area contributed by atoms with E-state index in [2.05, 4.69) is 15.4 Å². The van der Waals surface area contributed by atoms with Crippen molar-refractivity contribution in [3.8, 4) is 0 Å². The van der Waals surface area contributed by atoms with Crippen molar-refractivity contribution in [3.05, 3.63) is 64.0 Å². The number of aryl methyl sites for hydroxylation is 3. The maximum atomic E-state index is 12.6. The van der Waals surface area contributed by atoms with Gasteiger partial charge >= 0.3 is 5.97 Å². The second-order valence-corrected chi connectivity index (χ2v) is 6.80. The lowest BCUT2D eigenvalue weighted by Crippen LogP contribution is -2.15. The third-order valence-corrected chi connectivity index (χ3v) is 4.59. The SMILES string of the molecule is COC(=O)c1cc(NC(=O)c2cc(NC(=O)c3cc([N+](=O)[O-])cn3C)cn2C)cn1C. The zero-order chi connectivity index (χ0) is 22.9. The summed E-state index contributed by atoms with van der Waals surface area (Å²) in [4.78, 5) is 47.1. The first-order valence-electron chi connectivity index (χ1n) is 8.95. The summed E-state index contributed by atoms with van der Waals surface area (Å²) in [6.45, 7) is 0. The molecule has 0 aliphatic heterocycles. The van der Waals surface area contributed by atoms with E-state index in [0.29, 0.717) is 11.4 Å². The summed E-state index contributed by atoms with van der Waals surface area (Å²) in [5, 5.41) is 16.2. The Hall–Kier alpha value is -4.35. The topological polar surface area (TPSA) is 142 Å². The van der Waals surface area contributed by atoms with Gasteiger partial charge in [0, 0.05) is 39.6 Å². The fraction of sp³-hybridized carbons (Fsp3) is 0.211. The Morgan fingerprint density at radius 2 is 1.29 bits per heavy atom. The highest BCUT2D eigenvalue weighted by atomic mass is 16.6. The van der Waals surface area contributed by atoms with Crippen molar-refractivity contribution in [3.63, 3.8) is 0 Å². The minimum Gasteiger partial charge on any atom is -0.464 e. The molecule has 0 bridgehead atoms. The second kappa shape index (κ2) is 8.18. The van der Waals surface area contributed by atoms with Crippen LogP contribution in [0.1, 0.15) is 31.5 Å². The van der Waals surface area contributed by atoms with E-state index in [-0.39, 0.29) is 22.8 Å². The van der Waals surface area contributed by atoms with Gasteiger partial charge in [-0.15, -0.1) is 0 Å². The van der Waals surface area contributed by atoms with Gasteiger partial charge in [0.25, 0.3) is 17.5 Å². The third-order valence-electron chi connectivity index (χ3n) is 4.59. The van der Waals surface area contributed by atoms with Gasteiger partial charge in [-0.05, 0) is 12.1 Å². The average Bonchev–Trinajstić information content (AvgIpc) is 3.37. The van der Waals surface area contributed by atoms with Crippen LogP contribution >= 0.6 is 0 Å². The van der Waals surface area contributed by atoms with Gasteiger partial charge in [-0.25, -0.2) is 4.79 Å². The fourth-order valence-electron chi connectivity index (χ4n) is 3.06. The first-order chi connectivity index (χ1) is 14.6. The minimum atomic E-state index is -0.586. The molecule has 2 N–H and O–H groups in total. The Morgan fingerprint density at radius 3 is 1.77 bits per heavy atom. The van der Waals surface area contributed by atoms with Crippen molar-refractivity contribution in [2.24, 2.45) is 21.1 Å². The number of nitrogens with zero attached hydrogens (tertiary/aromatic N) is 4. The van der Waals surface area contributed by atoms with E-state index >= 15 is 0 Å². The molecule has 0 saturated carbocycles. The van der Waals surface area contributed by atoms with E-state index < -0.39 is 22.7 Å². The Kier molecular flexibility index (Phi) is 5.64. The molecular weight excluding hydrogens is 408 g/mol. The van der Waals surface area contributed by atoms with Crippen molar-refractivity contribution >= 4 is 34.8 Å². The molecule has 31 heavy (non-hydrogen) atoms.